The van der Waals surface area contributed by atoms with Gasteiger partial charge in [-0.3, -0.25) is 4.79 Å². The molecule has 0 spiro atoms. The zero-order valence-corrected chi connectivity index (χ0v) is 16.8. The van der Waals surface area contributed by atoms with E-state index < -0.39 is 5.82 Å². The van der Waals surface area contributed by atoms with Crippen molar-refractivity contribution in [2.24, 2.45) is 0 Å². The fourth-order valence-corrected chi connectivity index (χ4v) is 3.87. The number of nitrogen functional groups attached to an aromatic ring is 1. The first-order valence-corrected chi connectivity index (χ1v) is 9.32. The molecule has 0 fully saturated rings. The average molecular weight is 409 g/mol. The summed E-state index contributed by atoms with van der Waals surface area (Å²) in [6.45, 7) is 1.75. The van der Waals surface area contributed by atoms with Gasteiger partial charge in [0.15, 0.2) is 17.4 Å². The predicted molar refractivity (Wildman–Crippen MR) is 107 cm³/mol. The van der Waals surface area contributed by atoms with Gasteiger partial charge in [0.25, 0.3) is 5.88 Å². The van der Waals surface area contributed by atoms with Gasteiger partial charge in [0.1, 0.15) is 5.82 Å². The number of anilines is 1. The molecule has 0 aliphatic heterocycles. The lowest BCUT2D eigenvalue weighted by Crippen LogP contribution is -2.23. The van der Waals surface area contributed by atoms with Crippen LogP contribution in [-0.4, -0.2) is 39.9 Å². The van der Waals surface area contributed by atoms with E-state index in [1.54, 1.807) is 13.0 Å². The van der Waals surface area contributed by atoms with Gasteiger partial charge in [0.2, 0.25) is 5.95 Å². The van der Waals surface area contributed by atoms with Crippen LogP contribution in [0.25, 0.3) is 11.4 Å². The van der Waals surface area contributed by atoms with Crippen LogP contribution in [0.4, 0.5) is 10.3 Å². The third-order valence-electron chi connectivity index (χ3n) is 5.16. The van der Waals surface area contributed by atoms with E-state index >= 15 is 0 Å². The number of aromatic nitrogens is 4. The summed E-state index contributed by atoms with van der Waals surface area (Å²) < 4.78 is 24.6. The summed E-state index contributed by atoms with van der Waals surface area (Å²) in [4.78, 5) is 29.9. The van der Waals surface area contributed by atoms with Crippen molar-refractivity contribution < 1.29 is 18.7 Å². The molecule has 0 bridgehead atoms. The molecular weight excluding hydrogens is 389 g/mol. The number of Topliss-reactive ketones (excluding diaryl/α,β-unsaturated/α-hetero) is 1. The Morgan fingerprint density at radius 3 is 2.67 bits per heavy atom. The third-order valence-corrected chi connectivity index (χ3v) is 5.16. The van der Waals surface area contributed by atoms with Gasteiger partial charge in [-0.1, -0.05) is 6.07 Å². The maximum atomic E-state index is 14.1. The van der Waals surface area contributed by atoms with Crippen LogP contribution in [0.2, 0.25) is 0 Å². The minimum atomic E-state index is -0.433. The highest BCUT2D eigenvalue weighted by Gasteiger charge is 2.31. The number of carbonyl (C=O) groups excluding carboxylic acids is 1. The van der Waals surface area contributed by atoms with Gasteiger partial charge in [0.05, 0.1) is 37.4 Å². The molecule has 0 saturated carbocycles. The number of hydrogen-bond acceptors (Lipinski definition) is 8. The zero-order chi connectivity index (χ0) is 21.4. The summed E-state index contributed by atoms with van der Waals surface area (Å²) in [5.74, 6) is 0.272. The first-order chi connectivity index (χ1) is 14.4. The van der Waals surface area contributed by atoms with Crippen molar-refractivity contribution in [3.8, 4) is 23.0 Å². The van der Waals surface area contributed by atoms with Gasteiger partial charge in [-0.15, -0.1) is 0 Å². The molecule has 30 heavy (non-hydrogen) atoms. The average Bonchev–Trinajstić information content (AvgIpc) is 2.72. The number of halogens is 1. The minimum Gasteiger partial charge on any atom is -0.490 e. The van der Waals surface area contributed by atoms with Crippen LogP contribution in [0.5, 0.6) is 11.6 Å². The molecule has 154 valence electrons. The highest BCUT2D eigenvalue weighted by Crippen LogP contribution is 2.38. The normalized spacial score (nSPS) is 15.6. The van der Waals surface area contributed by atoms with Gasteiger partial charge in [0, 0.05) is 12.0 Å². The number of nitrogens with two attached hydrogens (primary N) is 1. The number of hydrogen-bond donors (Lipinski definition) is 1. The molecule has 8 nitrogen and oxygen atoms in total. The molecule has 1 aliphatic carbocycles. The molecule has 0 unspecified atom stereocenters. The molecule has 4 rings (SSSR count). The van der Waals surface area contributed by atoms with Crippen LogP contribution in [0.3, 0.4) is 0 Å². The van der Waals surface area contributed by atoms with Crippen molar-refractivity contribution in [2.45, 2.75) is 25.7 Å². The Hall–Kier alpha value is -3.62. The number of fused-ring (bicyclic) bond motifs is 1. The molecule has 2 N–H and O–H groups in total. The fraction of sp³-hybridized carbons (Fsp3) is 0.286. The van der Waals surface area contributed by atoms with E-state index in [0.717, 1.165) is 5.56 Å². The molecule has 1 atom stereocenters. The third kappa shape index (κ3) is 3.42. The first-order valence-electron chi connectivity index (χ1n) is 9.32. The standard InChI is InChI=1S/C21H20FN5O3/c1-10-18-15(26-21(23)25-10)6-11(7-16(18)28)13-5-4-12(22)8-14(13)19-24-9-17(29-2)20(27-19)30-3/h4-5,8-9,11H,6-7H2,1-3H3,(H2,23,25,26)/t11-/m0/s1. The lowest BCUT2D eigenvalue weighted by Gasteiger charge is -2.25. The number of ketones is 1. The lowest BCUT2D eigenvalue weighted by molar-refractivity contribution is 0.0962. The molecule has 9 heteroatoms. The molecule has 0 amide bonds. The van der Waals surface area contributed by atoms with E-state index in [4.69, 9.17) is 15.2 Å². The quantitative estimate of drug-likeness (QED) is 0.700. The van der Waals surface area contributed by atoms with Crippen molar-refractivity contribution in [1.82, 2.24) is 19.9 Å². The van der Waals surface area contributed by atoms with E-state index in [1.807, 2.05) is 0 Å². The molecule has 2 heterocycles. The Morgan fingerprint density at radius 1 is 1.13 bits per heavy atom. The van der Waals surface area contributed by atoms with Crippen molar-refractivity contribution in [1.29, 1.82) is 0 Å². The van der Waals surface area contributed by atoms with Crippen LogP contribution in [0.1, 0.15) is 39.6 Å². The van der Waals surface area contributed by atoms with E-state index in [0.29, 0.717) is 34.7 Å². The summed E-state index contributed by atoms with van der Waals surface area (Å²) in [5.41, 5.74) is 8.71. The van der Waals surface area contributed by atoms with Gasteiger partial charge in [-0.25, -0.2) is 19.3 Å². The number of benzene rings is 1. The fourth-order valence-electron chi connectivity index (χ4n) is 3.87. The van der Waals surface area contributed by atoms with Crippen molar-refractivity contribution in [3.05, 3.63) is 52.7 Å². The monoisotopic (exact) mass is 409 g/mol. The SMILES string of the molecule is COc1cnc(-c2cc(F)ccc2[C@@H]2CC(=O)c3c(C)nc(N)nc3C2)nc1OC. The summed E-state index contributed by atoms with van der Waals surface area (Å²) in [7, 11) is 2.94. The first kappa shape index (κ1) is 19.7. The predicted octanol–water partition coefficient (Wildman–Crippen LogP) is 2.89. The Morgan fingerprint density at radius 2 is 1.93 bits per heavy atom. The Balaban J connectivity index is 1.81. The lowest BCUT2D eigenvalue weighted by atomic mass is 9.79. The molecule has 1 aliphatic rings. The summed E-state index contributed by atoms with van der Waals surface area (Å²) in [5, 5.41) is 0. The second-order valence-corrected chi connectivity index (χ2v) is 7.02. The van der Waals surface area contributed by atoms with Crippen LogP contribution >= 0.6 is 0 Å². The second kappa shape index (κ2) is 7.66. The summed E-state index contributed by atoms with van der Waals surface area (Å²) in [6.07, 6.45) is 2.18. The maximum absolute atomic E-state index is 14.1. The Labute approximate surface area is 172 Å². The number of ether oxygens (including phenoxy) is 2. The van der Waals surface area contributed by atoms with E-state index in [2.05, 4.69) is 19.9 Å². The Kier molecular flexibility index (Phi) is 5.03. The van der Waals surface area contributed by atoms with E-state index in [-0.39, 0.29) is 35.8 Å². The molecule has 0 radical (unpaired) electrons. The van der Waals surface area contributed by atoms with Gasteiger partial charge < -0.3 is 15.2 Å². The largest absolute Gasteiger partial charge is 0.490 e. The van der Waals surface area contributed by atoms with Crippen LogP contribution in [0, 0.1) is 12.7 Å². The van der Waals surface area contributed by atoms with Crippen LogP contribution < -0.4 is 15.2 Å². The molecular formula is C21H20FN5O3. The highest BCUT2D eigenvalue weighted by atomic mass is 19.1. The van der Waals surface area contributed by atoms with Gasteiger partial charge in [-0.2, -0.15) is 4.98 Å². The van der Waals surface area contributed by atoms with Gasteiger partial charge in [-0.05, 0) is 37.0 Å². The minimum absolute atomic E-state index is 0.0674. The van der Waals surface area contributed by atoms with Crippen LogP contribution in [-0.2, 0) is 6.42 Å². The van der Waals surface area contributed by atoms with Crippen molar-refractivity contribution in [2.75, 3.05) is 20.0 Å². The van der Waals surface area contributed by atoms with E-state index in [1.165, 1.54) is 32.5 Å². The number of aryl methyl sites for hydroxylation is 1. The van der Waals surface area contributed by atoms with E-state index in [9.17, 15) is 9.18 Å². The Bertz CT molecular complexity index is 1150. The topological polar surface area (TPSA) is 113 Å². The summed E-state index contributed by atoms with van der Waals surface area (Å²) >= 11 is 0. The number of rotatable bonds is 4. The maximum Gasteiger partial charge on any atom is 0.260 e. The number of methoxy groups -OCH3 is 2. The number of carbonyl (C=O) groups is 1. The van der Waals surface area contributed by atoms with Crippen LogP contribution in [0.15, 0.2) is 24.4 Å². The highest BCUT2D eigenvalue weighted by molar-refractivity contribution is 6.00. The molecule has 0 saturated heterocycles. The van der Waals surface area contributed by atoms with Gasteiger partial charge >= 0.3 is 0 Å². The molecule has 2 aromatic heterocycles. The van der Waals surface area contributed by atoms with Crippen molar-refractivity contribution >= 4 is 11.7 Å². The number of nitrogens with zero attached hydrogens (tertiary/aromatic N) is 4. The molecule has 1 aromatic carbocycles. The zero-order valence-electron chi connectivity index (χ0n) is 16.8. The van der Waals surface area contributed by atoms with Crippen molar-refractivity contribution in [3.63, 3.8) is 0 Å². The smallest absolute Gasteiger partial charge is 0.260 e. The molecule has 3 aromatic rings. The summed E-state index contributed by atoms with van der Waals surface area (Å²) in [6, 6.07) is 4.38. The second-order valence-electron chi connectivity index (χ2n) is 7.02.